The summed E-state index contributed by atoms with van der Waals surface area (Å²) in [5.74, 6) is -5.77. The molecule has 0 unspecified atom stereocenters. The third kappa shape index (κ3) is 39.8. The van der Waals surface area contributed by atoms with E-state index >= 15 is 0 Å². The summed E-state index contributed by atoms with van der Waals surface area (Å²) in [6.07, 6.45) is 22.1. The third-order valence-electron chi connectivity index (χ3n) is 9.64. The van der Waals surface area contributed by atoms with E-state index in [4.69, 9.17) is 19.3 Å². The van der Waals surface area contributed by atoms with E-state index in [9.17, 15) is 43.8 Å². The normalized spacial score (nSPS) is 10.9. The quantitative estimate of drug-likeness (QED) is 0.0297. The van der Waals surface area contributed by atoms with Gasteiger partial charge in [0.1, 0.15) is 0 Å². The zero-order chi connectivity index (χ0) is 48.9. The van der Waals surface area contributed by atoms with Gasteiger partial charge in [0.25, 0.3) is 0 Å². The topological polar surface area (TPSA) is 236 Å². The number of carboxylic acid groups (broad SMARTS) is 1. The zero-order valence-electron chi connectivity index (χ0n) is 40.8. The van der Waals surface area contributed by atoms with Crippen molar-refractivity contribution in [2.24, 2.45) is 0 Å². The van der Waals surface area contributed by atoms with Crippen LogP contribution in [-0.2, 0) is 62.0 Å². The van der Waals surface area contributed by atoms with Crippen LogP contribution in [0.1, 0.15) is 215 Å². The molecule has 0 spiro atoms. The number of carboxylic acids is 1. The molecule has 3 N–H and O–H groups in total. The van der Waals surface area contributed by atoms with Crippen LogP contribution in [0, 0.1) is 0 Å². The summed E-state index contributed by atoms with van der Waals surface area (Å²) in [7, 11) is 0. The summed E-state index contributed by atoms with van der Waals surface area (Å²) in [5, 5.41) is 29.2. The van der Waals surface area contributed by atoms with Gasteiger partial charge in [0, 0.05) is 6.42 Å². The summed E-state index contributed by atoms with van der Waals surface area (Å²) in [5.41, 5.74) is -4.52. The molecule has 0 aliphatic carbocycles. The second-order valence-corrected chi connectivity index (χ2v) is 15.8. The average molecular weight is 921 g/mol. The van der Waals surface area contributed by atoms with Gasteiger partial charge in [-0.25, -0.2) is 9.59 Å². The monoisotopic (exact) mass is 921 g/mol. The van der Waals surface area contributed by atoms with Crippen LogP contribution in [0.15, 0.2) is 0 Å². The first-order valence-electron chi connectivity index (χ1n) is 24.2. The molecule has 376 valence electrons. The first-order chi connectivity index (χ1) is 30.6. The SMILES string of the molecule is CCCCCCCCCCCCCCCCCC(=O)O.CCCCOC(=O)CC(O)(CC(=O)OCCCC)C(=O)OCCCC.CCOC(=O)CC(O)(CC(=O)OCC)C(=O)OCC. The lowest BCUT2D eigenvalue weighted by molar-refractivity contribution is -0.178. The lowest BCUT2D eigenvalue weighted by Crippen LogP contribution is -2.45. The van der Waals surface area contributed by atoms with Crippen LogP contribution >= 0.6 is 0 Å². The molecule has 16 nitrogen and oxygen atoms in total. The predicted molar refractivity (Wildman–Crippen MR) is 243 cm³/mol. The predicted octanol–water partition coefficient (Wildman–Crippen LogP) is 9.05. The van der Waals surface area contributed by atoms with Crippen molar-refractivity contribution in [2.45, 2.75) is 227 Å². The van der Waals surface area contributed by atoms with Crippen molar-refractivity contribution in [3.63, 3.8) is 0 Å². The van der Waals surface area contributed by atoms with Crippen molar-refractivity contribution in [1.82, 2.24) is 0 Å². The molecule has 0 bridgehead atoms. The number of unbranched alkanes of at least 4 members (excludes halogenated alkanes) is 17. The average Bonchev–Trinajstić information content (AvgIpc) is 3.23. The number of carbonyl (C=O) groups excluding carboxylic acids is 6. The number of carbonyl (C=O) groups is 7. The Morgan fingerprint density at radius 3 is 0.906 bits per heavy atom. The number of hydrogen-bond acceptors (Lipinski definition) is 15. The Morgan fingerprint density at radius 2 is 0.609 bits per heavy atom. The Labute approximate surface area is 384 Å². The molecule has 0 amide bonds. The highest BCUT2D eigenvalue weighted by Gasteiger charge is 2.44. The van der Waals surface area contributed by atoms with Gasteiger partial charge >= 0.3 is 41.8 Å². The molecule has 0 saturated heterocycles. The highest BCUT2D eigenvalue weighted by molar-refractivity contribution is 5.91. The van der Waals surface area contributed by atoms with Crippen molar-refractivity contribution in [2.75, 3.05) is 39.6 Å². The van der Waals surface area contributed by atoms with Crippen molar-refractivity contribution in [1.29, 1.82) is 0 Å². The minimum absolute atomic E-state index is 0.0206. The third-order valence-corrected chi connectivity index (χ3v) is 9.64. The lowest BCUT2D eigenvalue weighted by Gasteiger charge is -2.24. The molecule has 0 aliphatic rings. The number of aliphatic hydroxyl groups is 2. The number of rotatable bonds is 38. The van der Waals surface area contributed by atoms with Crippen LogP contribution in [0.25, 0.3) is 0 Å². The molecule has 0 rings (SSSR count). The van der Waals surface area contributed by atoms with Gasteiger partial charge in [0.05, 0.1) is 65.3 Å². The van der Waals surface area contributed by atoms with Crippen LogP contribution in [0.2, 0.25) is 0 Å². The molecular weight excluding hydrogens is 833 g/mol. The van der Waals surface area contributed by atoms with Crippen LogP contribution in [-0.4, -0.2) is 108 Å². The molecule has 0 aromatic rings. The Morgan fingerprint density at radius 1 is 0.344 bits per heavy atom. The van der Waals surface area contributed by atoms with E-state index < -0.39 is 78.7 Å². The van der Waals surface area contributed by atoms with Crippen molar-refractivity contribution < 1.29 is 77.3 Å². The van der Waals surface area contributed by atoms with E-state index in [-0.39, 0.29) is 39.6 Å². The second-order valence-electron chi connectivity index (χ2n) is 15.8. The summed E-state index contributed by atoms with van der Waals surface area (Å²) >= 11 is 0. The minimum Gasteiger partial charge on any atom is -0.481 e. The maximum atomic E-state index is 12.2. The number of esters is 6. The Kier molecular flexibility index (Phi) is 44.8. The van der Waals surface area contributed by atoms with E-state index in [2.05, 4.69) is 21.1 Å². The van der Waals surface area contributed by atoms with Gasteiger partial charge in [0.2, 0.25) is 0 Å². The summed E-state index contributed by atoms with van der Waals surface area (Å²) in [6.45, 7) is 13.6. The fourth-order valence-electron chi connectivity index (χ4n) is 5.91. The van der Waals surface area contributed by atoms with E-state index in [0.29, 0.717) is 25.7 Å². The zero-order valence-corrected chi connectivity index (χ0v) is 40.8. The van der Waals surface area contributed by atoms with Crippen LogP contribution in [0.3, 0.4) is 0 Å². The van der Waals surface area contributed by atoms with Crippen molar-refractivity contribution in [3.8, 4) is 0 Å². The van der Waals surface area contributed by atoms with Gasteiger partial charge in [-0.2, -0.15) is 0 Å². The fraction of sp³-hybridized carbons (Fsp3) is 0.854. The highest BCUT2D eigenvalue weighted by atomic mass is 16.6. The fourth-order valence-corrected chi connectivity index (χ4v) is 5.91. The Hall–Kier alpha value is -3.79. The maximum Gasteiger partial charge on any atom is 0.339 e. The molecule has 0 fully saturated rings. The molecule has 0 aromatic carbocycles. The van der Waals surface area contributed by atoms with Crippen molar-refractivity contribution >= 4 is 41.8 Å². The first kappa shape index (κ1) is 64.5. The minimum atomic E-state index is -2.26. The van der Waals surface area contributed by atoms with Gasteiger partial charge in [-0.3, -0.25) is 24.0 Å². The van der Waals surface area contributed by atoms with E-state index in [0.717, 1.165) is 32.1 Å². The summed E-state index contributed by atoms with van der Waals surface area (Å²) in [6, 6.07) is 0. The largest absolute Gasteiger partial charge is 0.481 e. The van der Waals surface area contributed by atoms with Crippen LogP contribution in [0.4, 0.5) is 0 Å². The molecule has 0 heterocycles. The van der Waals surface area contributed by atoms with Gasteiger partial charge in [-0.05, 0) is 46.5 Å². The molecular formula is C48H88O16. The van der Waals surface area contributed by atoms with Gasteiger partial charge in [-0.1, -0.05) is 137 Å². The van der Waals surface area contributed by atoms with Gasteiger partial charge < -0.3 is 43.7 Å². The molecule has 0 aromatic heterocycles. The Bertz CT molecular complexity index is 1180. The van der Waals surface area contributed by atoms with Crippen molar-refractivity contribution in [3.05, 3.63) is 0 Å². The smallest absolute Gasteiger partial charge is 0.339 e. The van der Waals surface area contributed by atoms with E-state index in [1.165, 1.54) is 83.5 Å². The van der Waals surface area contributed by atoms with Crippen LogP contribution in [0.5, 0.6) is 0 Å². The molecule has 64 heavy (non-hydrogen) atoms. The van der Waals surface area contributed by atoms with Gasteiger partial charge in [0.15, 0.2) is 11.2 Å². The summed E-state index contributed by atoms with van der Waals surface area (Å²) in [4.78, 5) is 80.6. The lowest BCUT2D eigenvalue weighted by atomic mass is 9.95. The van der Waals surface area contributed by atoms with Gasteiger partial charge in [-0.15, -0.1) is 0 Å². The van der Waals surface area contributed by atoms with Crippen LogP contribution < -0.4 is 0 Å². The number of aliphatic carboxylic acids is 1. The molecule has 0 radical (unpaired) electrons. The van der Waals surface area contributed by atoms with E-state index in [1.807, 2.05) is 20.8 Å². The molecule has 0 aliphatic heterocycles. The first-order valence-corrected chi connectivity index (χ1v) is 24.2. The molecule has 0 saturated carbocycles. The molecule has 16 heteroatoms. The molecule has 0 atom stereocenters. The number of ether oxygens (including phenoxy) is 6. The standard InChI is InChI=1S/C18H32O7.C18H36O2.C12H20O7/c1-4-7-10-23-15(19)13-18(22,17(21)25-12-9-6-3)14-16(20)24-11-8-5-2;1-2-3-4-5-6-7-8-9-10-11-12-13-14-15-16-17-18(19)20;1-4-17-9(13)7-12(16,11(15)19-6-3)8-10(14)18-5-2/h22H,4-14H2,1-3H3;2-17H2,1H3,(H,19,20);16H,4-8H2,1-3H3. The number of hydrogen-bond donors (Lipinski definition) is 3. The summed E-state index contributed by atoms with van der Waals surface area (Å²) < 4.78 is 28.9. The second kappa shape index (κ2) is 44.4. The van der Waals surface area contributed by atoms with E-state index in [1.54, 1.807) is 20.8 Å². The highest BCUT2D eigenvalue weighted by Crippen LogP contribution is 2.22. The Balaban J connectivity index is -0.000000883. The maximum absolute atomic E-state index is 12.2.